The summed E-state index contributed by atoms with van der Waals surface area (Å²) in [6.45, 7) is 13.6. The number of Topliss-reactive ketones (excluding diaryl/α,β-unsaturated/α-hetero) is 1. The lowest BCUT2D eigenvalue weighted by molar-refractivity contribution is -0.121. The Hall–Kier alpha value is -3.02. The van der Waals surface area contributed by atoms with Crippen LogP contribution >= 0.6 is 0 Å². The van der Waals surface area contributed by atoms with Crippen LogP contribution in [0, 0.1) is 29.4 Å². The third-order valence-corrected chi connectivity index (χ3v) is 6.96. The Morgan fingerprint density at radius 1 is 1.26 bits per heavy atom. The number of allylic oxidation sites excluding steroid dienone is 4. The van der Waals surface area contributed by atoms with Crippen molar-refractivity contribution in [3.8, 4) is 0 Å². The van der Waals surface area contributed by atoms with E-state index in [-0.39, 0.29) is 40.3 Å². The lowest BCUT2D eigenvalue weighted by Crippen LogP contribution is -2.21. The highest BCUT2D eigenvalue weighted by atomic mass is 19.1. The first-order valence-corrected chi connectivity index (χ1v) is 12.4. The first-order valence-electron chi connectivity index (χ1n) is 12.4. The first kappa shape index (κ1) is 26.6. The number of furan rings is 1. The Labute approximate surface area is 206 Å². The maximum absolute atomic E-state index is 14.5. The Balaban J connectivity index is 2.04. The van der Waals surface area contributed by atoms with Crippen molar-refractivity contribution >= 4 is 23.0 Å². The van der Waals surface area contributed by atoms with Crippen molar-refractivity contribution < 1.29 is 22.7 Å². The van der Waals surface area contributed by atoms with Gasteiger partial charge in [-0.25, -0.2) is 8.78 Å². The summed E-state index contributed by atoms with van der Waals surface area (Å²) in [5.74, 6) is -0.636. The molecule has 0 saturated heterocycles. The number of aliphatic imine (C=N–C) groups is 1. The third kappa shape index (κ3) is 5.63. The zero-order chi connectivity index (χ0) is 25.7. The summed E-state index contributed by atoms with van der Waals surface area (Å²) in [5, 5.41) is 0.114. The zero-order valence-corrected chi connectivity index (χ0v) is 21.2. The van der Waals surface area contributed by atoms with Crippen LogP contribution in [-0.4, -0.2) is 12.0 Å². The number of hydrogen-bond donors (Lipinski definition) is 0. The molecule has 0 bridgehead atoms. The molecular weight excluding hydrogens is 448 g/mol. The molecule has 0 N–H and O–H groups in total. The normalized spacial score (nSPS) is 20.3. The molecule has 3 rings (SSSR count). The Morgan fingerprint density at radius 3 is 2.60 bits per heavy atom. The van der Waals surface area contributed by atoms with Crippen molar-refractivity contribution in [3.05, 3.63) is 71.5 Å². The van der Waals surface area contributed by atoms with Crippen molar-refractivity contribution in [1.82, 2.24) is 0 Å². The summed E-state index contributed by atoms with van der Waals surface area (Å²) in [5.41, 5.74) is 2.02. The summed E-state index contributed by atoms with van der Waals surface area (Å²) in [6.07, 6.45) is 7.69. The van der Waals surface area contributed by atoms with Crippen LogP contribution in [-0.2, 0) is 9.53 Å². The van der Waals surface area contributed by atoms with Gasteiger partial charge in [-0.1, -0.05) is 40.7 Å². The van der Waals surface area contributed by atoms with Gasteiger partial charge >= 0.3 is 0 Å². The molecule has 0 radical (unpaired) electrons. The fourth-order valence-corrected chi connectivity index (χ4v) is 4.71. The number of halogens is 2. The summed E-state index contributed by atoms with van der Waals surface area (Å²) in [7, 11) is 0. The lowest BCUT2D eigenvalue weighted by Gasteiger charge is -2.30. The fraction of sp³-hybridized carbons (Fsp3) is 0.448. The van der Waals surface area contributed by atoms with Gasteiger partial charge in [-0.15, -0.1) is 0 Å². The van der Waals surface area contributed by atoms with E-state index in [9.17, 15) is 13.6 Å². The van der Waals surface area contributed by atoms with Gasteiger partial charge in [0.05, 0.1) is 23.3 Å². The van der Waals surface area contributed by atoms with E-state index in [0.29, 0.717) is 24.5 Å². The van der Waals surface area contributed by atoms with Gasteiger partial charge in [0.2, 0.25) is 0 Å². The van der Waals surface area contributed by atoms with Crippen LogP contribution in [0.5, 0.6) is 0 Å². The third-order valence-electron chi connectivity index (χ3n) is 6.96. The highest BCUT2D eigenvalue weighted by Gasteiger charge is 2.31. The summed E-state index contributed by atoms with van der Waals surface area (Å²) in [6, 6.07) is 3.76. The van der Waals surface area contributed by atoms with Gasteiger partial charge in [-0.2, -0.15) is 0 Å². The Bertz CT molecular complexity index is 1140. The standard InChI is InChI=1S/C29H35F2NO3/c1-7-10-20-19(6)18(5)16-32-27(20)21(12-11-17(4)28(33)25(8-2)34-9-3)26-15-22-23(30)13-14-24(31)29(22)35-26/h8-9,13-19,21H,3,7,10-12H2,1-2,4-6H3/b25-8-/t17?,18?,19-,21?/m0/s1. The van der Waals surface area contributed by atoms with Crippen LogP contribution < -0.4 is 0 Å². The molecule has 35 heavy (non-hydrogen) atoms. The predicted octanol–water partition coefficient (Wildman–Crippen LogP) is 8.25. The number of ketones is 1. The summed E-state index contributed by atoms with van der Waals surface area (Å²) in [4.78, 5) is 17.7. The van der Waals surface area contributed by atoms with Crippen LogP contribution in [0.4, 0.5) is 8.78 Å². The molecule has 0 saturated carbocycles. The lowest BCUT2D eigenvalue weighted by atomic mass is 9.79. The van der Waals surface area contributed by atoms with Crippen molar-refractivity contribution in [2.45, 2.75) is 66.2 Å². The molecule has 1 aliphatic heterocycles. The monoisotopic (exact) mass is 483 g/mol. The van der Waals surface area contributed by atoms with E-state index in [1.54, 1.807) is 19.1 Å². The summed E-state index contributed by atoms with van der Waals surface area (Å²) >= 11 is 0. The van der Waals surface area contributed by atoms with Gasteiger partial charge in [0.1, 0.15) is 11.6 Å². The molecule has 0 spiro atoms. The molecule has 1 aromatic heterocycles. The molecule has 0 aliphatic carbocycles. The molecule has 0 fully saturated rings. The van der Waals surface area contributed by atoms with Crippen LogP contribution in [0.15, 0.2) is 63.6 Å². The minimum absolute atomic E-state index is 0.0939. The van der Waals surface area contributed by atoms with Crippen molar-refractivity contribution in [2.24, 2.45) is 22.7 Å². The molecule has 4 atom stereocenters. The molecule has 0 amide bonds. The van der Waals surface area contributed by atoms with E-state index in [0.717, 1.165) is 30.7 Å². The Morgan fingerprint density at radius 2 is 1.97 bits per heavy atom. The largest absolute Gasteiger partial charge is 0.462 e. The number of nitrogens with zero attached hydrogens (tertiary/aromatic N) is 1. The second-order valence-corrected chi connectivity index (χ2v) is 9.34. The molecule has 1 aliphatic rings. The van der Waals surface area contributed by atoms with Gasteiger partial charge in [-0.3, -0.25) is 9.79 Å². The number of benzene rings is 1. The average molecular weight is 484 g/mol. The Kier molecular flexibility index (Phi) is 8.82. The minimum Gasteiger partial charge on any atom is -0.462 e. The average Bonchev–Trinajstić information content (AvgIpc) is 3.30. The molecular formula is C29H35F2NO3. The van der Waals surface area contributed by atoms with E-state index >= 15 is 0 Å². The van der Waals surface area contributed by atoms with Gasteiger partial charge in [0, 0.05) is 12.1 Å². The molecule has 4 nitrogen and oxygen atoms in total. The van der Waals surface area contributed by atoms with Crippen molar-refractivity contribution in [3.63, 3.8) is 0 Å². The summed E-state index contributed by atoms with van der Waals surface area (Å²) < 4.78 is 40.1. The fourth-order valence-electron chi connectivity index (χ4n) is 4.71. The van der Waals surface area contributed by atoms with Crippen LogP contribution in [0.25, 0.3) is 11.0 Å². The topological polar surface area (TPSA) is 51.8 Å². The van der Waals surface area contributed by atoms with E-state index in [1.807, 2.05) is 13.1 Å². The van der Waals surface area contributed by atoms with Gasteiger partial charge < -0.3 is 9.15 Å². The van der Waals surface area contributed by atoms with Gasteiger partial charge in [-0.05, 0) is 67.9 Å². The number of rotatable bonds is 11. The molecule has 2 heterocycles. The van der Waals surface area contributed by atoms with Crippen molar-refractivity contribution in [1.29, 1.82) is 0 Å². The zero-order valence-electron chi connectivity index (χ0n) is 21.2. The highest BCUT2D eigenvalue weighted by molar-refractivity contribution is 5.95. The number of carbonyl (C=O) groups is 1. The quantitative estimate of drug-likeness (QED) is 0.239. The molecule has 188 valence electrons. The van der Waals surface area contributed by atoms with Crippen LogP contribution in [0.3, 0.4) is 0 Å². The molecule has 3 unspecified atom stereocenters. The number of hydrogen-bond acceptors (Lipinski definition) is 4. The maximum atomic E-state index is 14.5. The maximum Gasteiger partial charge on any atom is 0.200 e. The molecule has 6 heteroatoms. The van der Waals surface area contributed by atoms with E-state index < -0.39 is 11.6 Å². The number of fused-ring (bicyclic) bond motifs is 1. The smallest absolute Gasteiger partial charge is 0.200 e. The minimum atomic E-state index is -0.605. The number of carbonyl (C=O) groups excluding carboxylic acids is 1. The first-order chi connectivity index (χ1) is 16.7. The van der Waals surface area contributed by atoms with Gasteiger partial charge in [0.25, 0.3) is 0 Å². The van der Waals surface area contributed by atoms with Gasteiger partial charge in [0.15, 0.2) is 22.9 Å². The van der Waals surface area contributed by atoms with E-state index in [1.165, 1.54) is 11.8 Å². The van der Waals surface area contributed by atoms with Crippen LogP contribution in [0.2, 0.25) is 0 Å². The second kappa shape index (κ2) is 11.6. The number of ether oxygens (including phenoxy) is 1. The van der Waals surface area contributed by atoms with E-state index in [2.05, 4.69) is 27.4 Å². The predicted molar refractivity (Wildman–Crippen MR) is 136 cm³/mol. The van der Waals surface area contributed by atoms with Crippen LogP contribution in [0.1, 0.15) is 72.0 Å². The molecule has 2 aromatic rings. The van der Waals surface area contributed by atoms with Crippen molar-refractivity contribution in [2.75, 3.05) is 0 Å². The van der Waals surface area contributed by atoms with E-state index in [4.69, 9.17) is 14.1 Å². The molecule has 1 aromatic carbocycles. The second-order valence-electron chi connectivity index (χ2n) is 9.34. The SMILES string of the molecule is C=CO/C(=C\C)C(=O)C(C)CCC(C1=C(CCC)[C@@H](C)C(C)C=N1)c1cc2c(F)ccc(F)c2o1. The highest BCUT2D eigenvalue weighted by Crippen LogP contribution is 2.42.